The molecule has 1 atom stereocenters. The number of rotatable bonds is 1. The molecule has 1 fully saturated rings. The zero-order chi connectivity index (χ0) is 11.5. The third-order valence-corrected chi connectivity index (χ3v) is 3.42. The lowest BCUT2D eigenvalue weighted by Crippen LogP contribution is -2.40. The molecule has 0 spiro atoms. The van der Waals surface area contributed by atoms with Crippen molar-refractivity contribution in [1.82, 2.24) is 9.88 Å². The van der Waals surface area contributed by atoms with Crippen LogP contribution < -0.4 is 0 Å². The number of pyridine rings is 1. The predicted molar refractivity (Wildman–Crippen MR) is 66.7 cm³/mol. The molecule has 0 radical (unpaired) electrons. The molecule has 1 aromatic heterocycles. The maximum absolute atomic E-state index is 12.0. The minimum atomic E-state index is -0.0298. The lowest BCUT2D eigenvalue weighted by Gasteiger charge is -2.29. The molecule has 1 amide bonds. The van der Waals surface area contributed by atoms with Crippen molar-refractivity contribution >= 4 is 33.4 Å². The van der Waals surface area contributed by atoms with Gasteiger partial charge in [-0.3, -0.25) is 4.79 Å². The van der Waals surface area contributed by atoms with Gasteiger partial charge in [0.25, 0.3) is 5.91 Å². The van der Waals surface area contributed by atoms with Crippen molar-refractivity contribution in [2.24, 2.45) is 0 Å². The van der Waals surface area contributed by atoms with E-state index in [1.165, 1.54) is 0 Å². The van der Waals surface area contributed by atoms with E-state index < -0.39 is 0 Å². The van der Waals surface area contributed by atoms with Crippen LogP contribution in [-0.4, -0.2) is 34.3 Å². The zero-order valence-electron chi connectivity index (χ0n) is 8.70. The molecule has 1 aliphatic heterocycles. The Hall–Kier alpha value is -0.610. The van der Waals surface area contributed by atoms with Crippen molar-refractivity contribution in [3.05, 3.63) is 28.5 Å². The van der Waals surface area contributed by atoms with Crippen LogP contribution in [0.2, 0.25) is 0 Å². The van der Waals surface area contributed by atoms with E-state index in [9.17, 15) is 4.79 Å². The van der Waals surface area contributed by atoms with Crippen LogP contribution in [0, 0.1) is 0 Å². The average Bonchev–Trinajstić information content (AvgIpc) is 2.29. The van der Waals surface area contributed by atoms with Gasteiger partial charge in [-0.05, 0) is 40.9 Å². The van der Waals surface area contributed by atoms with Gasteiger partial charge >= 0.3 is 0 Å². The summed E-state index contributed by atoms with van der Waals surface area (Å²) >= 11 is 9.34. The average molecular weight is 304 g/mol. The van der Waals surface area contributed by atoms with Crippen molar-refractivity contribution < 1.29 is 4.79 Å². The van der Waals surface area contributed by atoms with Crippen LogP contribution >= 0.6 is 27.5 Å². The molecule has 0 aromatic carbocycles. The molecule has 86 valence electrons. The Morgan fingerprint density at radius 2 is 2.38 bits per heavy atom. The smallest absolute Gasteiger partial charge is 0.272 e. The number of halogens is 2. The first-order valence-electron chi connectivity index (χ1n) is 5.22. The fraction of sp³-hybridized carbons (Fsp3) is 0.455. The van der Waals surface area contributed by atoms with Crippen molar-refractivity contribution in [3.63, 3.8) is 0 Å². The quantitative estimate of drug-likeness (QED) is 0.747. The second-order valence-electron chi connectivity index (χ2n) is 3.85. The van der Waals surface area contributed by atoms with Crippen LogP contribution in [-0.2, 0) is 0 Å². The van der Waals surface area contributed by atoms with Crippen molar-refractivity contribution in [2.45, 2.75) is 18.2 Å². The number of hydrogen-bond acceptors (Lipinski definition) is 2. The maximum Gasteiger partial charge on any atom is 0.272 e. The van der Waals surface area contributed by atoms with Gasteiger partial charge < -0.3 is 4.90 Å². The first kappa shape index (κ1) is 11.9. The van der Waals surface area contributed by atoms with Crippen LogP contribution in [0.1, 0.15) is 23.3 Å². The van der Waals surface area contributed by atoms with Gasteiger partial charge in [0.05, 0.1) is 5.38 Å². The fourth-order valence-corrected chi connectivity index (χ4v) is 2.33. The van der Waals surface area contributed by atoms with Crippen molar-refractivity contribution in [1.29, 1.82) is 0 Å². The molecule has 2 heterocycles. The molecule has 1 saturated heterocycles. The van der Waals surface area contributed by atoms with E-state index in [0.29, 0.717) is 12.2 Å². The summed E-state index contributed by atoms with van der Waals surface area (Å²) in [7, 11) is 0. The highest BCUT2D eigenvalue weighted by atomic mass is 79.9. The summed E-state index contributed by atoms with van der Waals surface area (Å²) in [5.41, 5.74) is 0.481. The summed E-state index contributed by atoms with van der Waals surface area (Å²) in [6.45, 7) is 1.40. The monoisotopic (exact) mass is 302 g/mol. The highest BCUT2D eigenvalue weighted by molar-refractivity contribution is 9.10. The van der Waals surface area contributed by atoms with Crippen LogP contribution in [0.4, 0.5) is 0 Å². The van der Waals surface area contributed by atoms with E-state index in [1.807, 2.05) is 6.07 Å². The van der Waals surface area contributed by atoms with E-state index in [-0.39, 0.29) is 11.3 Å². The van der Waals surface area contributed by atoms with Gasteiger partial charge in [0.2, 0.25) is 0 Å². The number of nitrogens with zero attached hydrogens (tertiary/aromatic N) is 2. The summed E-state index contributed by atoms with van der Waals surface area (Å²) in [6, 6.07) is 3.55. The normalized spacial score (nSPS) is 20.9. The van der Waals surface area contributed by atoms with E-state index in [2.05, 4.69) is 20.9 Å². The van der Waals surface area contributed by atoms with Gasteiger partial charge in [-0.15, -0.1) is 11.6 Å². The second-order valence-corrected chi connectivity index (χ2v) is 5.39. The molecular formula is C11H12BrClN2O. The number of amides is 1. The fourth-order valence-electron chi connectivity index (χ4n) is 1.77. The highest BCUT2D eigenvalue weighted by Gasteiger charge is 2.23. The molecular weight excluding hydrogens is 291 g/mol. The van der Waals surface area contributed by atoms with Gasteiger partial charge in [-0.2, -0.15) is 0 Å². The van der Waals surface area contributed by atoms with Gasteiger partial charge in [-0.25, -0.2) is 4.98 Å². The maximum atomic E-state index is 12.0. The summed E-state index contributed by atoms with van der Waals surface area (Å²) in [5.74, 6) is -0.0298. The third kappa shape index (κ3) is 2.74. The summed E-state index contributed by atoms with van der Waals surface area (Å²) in [5, 5.41) is 0.0770. The Bertz CT molecular complexity index is 382. The SMILES string of the molecule is O=C(c1ccc(Br)cn1)N1CCCC(Cl)C1. The van der Waals surface area contributed by atoms with Crippen LogP contribution in [0.15, 0.2) is 22.8 Å². The summed E-state index contributed by atoms with van der Waals surface area (Å²) in [6.07, 6.45) is 3.59. The first-order chi connectivity index (χ1) is 7.66. The second kappa shape index (κ2) is 5.15. The van der Waals surface area contributed by atoms with Crippen molar-refractivity contribution in [3.8, 4) is 0 Å². The van der Waals surface area contributed by atoms with E-state index >= 15 is 0 Å². The largest absolute Gasteiger partial charge is 0.336 e. The standard InChI is InChI=1S/C11H12BrClN2O/c12-8-3-4-10(14-6-8)11(16)15-5-1-2-9(13)7-15/h3-4,6,9H,1-2,5,7H2. The van der Waals surface area contributed by atoms with Gasteiger partial charge in [-0.1, -0.05) is 0 Å². The molecule has 3 nitrogen and oxygen atoms in total. The first-order valence-corrected chi connectivity index (χ1v) is 6.44. The lowest BCUT2D eigenvalue weighted by molar-refractivity contribution is 0.0721. The van der Waals surface area contributed by atoms with Gasteiger partial charge in [0, 0.05) is 23.8 Å². The Kier molecular flexibility index (Phi) is 3.82. The number of alkyl halides is 1. The Morgan fingerprint density at radius 3 is 3.00 bits per heavy atom. The van der Waals surface area contributed by atoms with E-state index in [4.69, 9.17) is 11.6 Å². The topological polar surface area (TPSA) is 33.2 Å². The molecule has 0 saturated carbocycles. The molecule has 5 heteroatoms. The third-order valence-electron chi connectivity index (χ3n) is 2.60. The Balaban J connectivity index is 2.09. The molecule has 0 N–H and O–H groups in total. The number of piperidine rings is 1. The Morgan fingerprint density at radius 1 is 1.56 bits per heavy atom. The number of likely N-dealkylation sites (tertiary alicyclic amines) is 1. The van der Waals surface area contributed by atoms with Crippen LogP contribution in [0.3, 0.4) is 0 Å². The lowest BCUT2D eigenvalue weighted by atomic mass is 10.1. The van der Waals surface area contributed by atoms with E-state index in [1.54, 1.807) is 17.2 Å². The van der Waals surface area contributed by atoms with E-state index in [0.717, 1.165) is 23.9 Å². The minimum Gasteiger partial charge on any atom is -0.336 e. The van der Waals surface area contributed by atoms with Crippen LogP contribution in [0.5, 0.6) is 0 Å². The summed E-state index contributed by atoms with van der Waals surface area (Å²) < 4.78 is 0.873. The number of carbonyl (C=O) groups is 1. The molecule has 16 heavy (non-hydrogen) atoms. The highest BCUT2D eigenvalue weighted by Crippen LogP contribution is 2.17. The molecule has 0 bridgehead atoms. The molecule has 0 aliphatic carbocycles. The van der Waals surface area contributed by atoms with Crippen molar-refractivity contribution in [2.75, 3.05) is 13.1 Å². The molecule has 1 unspecified atom stereocenters. The molecule has 2 rings (SSSR count). The molecule has 1 aromatic rings. The minimum absolute atomic E-state index is 0.0298. The predicted octanol–water partition coefficient (Wildman–Crippen LogP) is 2.69. The summed E-state index contributed by atoms with van der Waals surface area (Å²) in [4.78, 5) is 17.9. The Labute approximate surface area is 108 Å². The zero-order valence-corrected chi connectivity index (χ0v) is 11.0. The number of hydrogen-bond donors (Lipinski definition) is 0. The van der Waals surface area contributed by atoms with Gasteiger partial charge in [0.15, 0.2) is 0 Å². The van der Waals surface area contributed by atoms with Crippen LogP contribution in [0.25, 0.3) is 0 Å². The number of carbonyl (C=O) groups excluding carboxylic acids is 1. The van der Waals surface area contributed by atoms with Gasteiger partial charge in [0.1, 0.15) is 5.69 Å². The molecule has 1 aliphatic rings. The number of aromatic nitrogens is 1.